The minimum atomic E-state index is -1.57. The number of nitrogens with two attached hydrogens (primary N) is 2. The zero-order valence-electron chi connectivity index (χ0n) is 13.0. The van der Waals surface area contributed by atoms with E-state index in [1.54, 1.807) is 24.3 Å². The fourth-order valence-corrected chi connectivity index (χ4v) is 2.66. The molecular weight excluding hydrogens is 287 g/mol. The average Bonchev–Trinajstić information content (AvgIpc) is 2.66. The average molecular weight is 306 g/mol. The van der Waals surface area contributed by atoms with E-state index in [0.29, 0.717) is 17.0 Å². The molecule has 2 aromatic carbocycles. The van der Waals surface area contributed by atoms with E-state index < -0.39 is 5.67 Å². The first-order chi connectivity index (χ1) is 11.0. The van der Waals surface area contributed by atoms with Crippen molar-refractivity contribution in [3.8, 4) is 0 Å². The van der Waals surface area contributed by atoms with Gasteiger partial charge in [-0.25, -0.2) is 4.39 Å². The first-order valence-electron chi connectivity index (χ1n) is 7.49. The van der Waals surface area contributed by atoms with Crippen molar-refractivity contribution in [2.75, 3.05) is 5.73 Å². The van der Waals surface area contributed by atoms with Gasteiger partial charge in [-0.3, -0.25) is 0 Å². The third-order valence-electron chi connectivity index (χ3n) is 3.89. The number of allylic oxidation sites excluding steroid dienone is 5. The number of halogens is 1. The van der Waals surface area contributed by atoms with Crippen LogP contribution in [0, 0.1) is 0 Å². The van der Waals surface area contributed by atoms with Crippen LogP contribution in [0.3, 0.4) is 0 Å². The number of hydrogen-bond donors (Lipinski definition) is 2. The maximum Gasteiger partial charge on any atom is 0.145 e. The molecule has 2 nitrogen and oxygen atoms in total. The van der Waals surface area contributed by atoms with Gasteiger partial charge in [-0.2, -0.15) is 0 Å². The van der Waals surface area contributed by atoms with Crippen molar-refractivity contribution in [1.29, 1.82) is 0 Å². The van der Waals surface area contributed by atoms with Gasteiger partial charge in [0.1, 0.15) is 5.67 Å². The van der Waals surface area contributed by atoms with Crippen LogP contribution in [-0.2, 0) is 0 Å². The highest BCUT2D eigenvalue weighted by Gasteiger charge is 2.23. The second kappa shape index (κ2) is 5.76. The van der Waals surface area contributed by atoms with Crippen LogP contribution >= 0.6 is 0 Å². The van der Waals surface area contributed by atoms with Crippen LogP contribution in [0.1, 0.15) is 18.1 Å². The van der Waals surface area contributed by atoms with Crippen LogP contribution < -0.4 is 11.5 Å². The molecule has 4 N–H and O–H groups in total. The Labute approximate surface area is 135 Å². The molecule has 0 bridgehead atoms. The van der Waals surface area contributed by atoms with E-state index in [1.807, 2.05) is 42.5 Å². The van der Waals surface area contributed by atoms with E-state index in [4.69, 9.17) is 11.5 Å². The number of rotatable bonds is 2. The molecule has 0 saturated heterocycles. The number of benzene rings is 2. The SMILES string of the molecule is CC1(F)C=CC(c2ccccc2)=C(N)C(c2ccc(N)cc2)=C1. The Balaban J connectivity index is 2.19. The Morgan fingerprint density at radius 2 is 1.52 bits per heavy atom. The summed E-state index contributed by atoms with van der Waals surface area (Å²) in [5.41, 5.74) is 15.1. The molecule has 0 heterocycles. The molecule has 0 saturated carbocycles. The molecule has 0 fully saturated rings. The summed E-state index contributed by atoms with van der Waals surface area (Å²) in [4.78, 5) is 0. The Morgan fingerprint density at radius 1 is 0.870 bits per heavy atom. The molecule has 0 spiro atoms. The summed E-state index contributed by atoms with van der Waals surface area (Å²) in [6.45, 7) is 1.52. The lowest BCUT2D eigenvalue weighted by Crippen LogP contribution is -2.11. The molecule has 0 aromatic heterocycles. The monoisotopic (exact) mass is 306 g/mol. The quantitative estimate of drug-likeness (QED) is 0.812. The summed E-state index contributed by atoms with van der Waals surface area (Å²) in [7, 11) is 0. The van der Waals surface area contributed by atoms with Crippen molar-refractivity contribution < 1.29 is 4.39 Å². The van der Waals surface area contributed by atoms with Crippen molar-refractivity contribution in [3.63, 3.8) is 0 Å². The lowest BCUT2D eigenvalue weighted by molar-refractivity contribution is 0.329. The van der Waals surface area contributed by atoms with Crippen LogP contribution in [0.4, 0.5) is 10.1 Å². The van der Waals surface area contributed by atoms with E-state index in [2.05, 4.69) is 0 Å². The van der Waals surface area contributed by atoms with Gasteiger partial charge < -0.3 is 11.5 Å². The van der Waals surface area contributed by atoms with E-state index in [1.165, 1.54) is 13.0 Å². The van der Waals surface area contributed by atoms with Crippen LogP contribution in [0.5, 0.6) is 0 Å². The van der Waals surface area contributed by atoms with Gasteiger partial charge in [0.25, 0.3) is 0 Å². The molecule has 1 atom stereocenters. The molecule has 3 rings (SSSR count). The molecule has 1 aliphatic carbocycles. The summed E-state index contributed by atoms with van der Waals surface area (Å²) in [5, 5.41) is 0. The normalized spacial score (nSPS) is 21.0. The fraction of sp³-hybridized carbons (Fsp3) is 0.100. The predicted octanol–water partition coefficient (Wildman–Crippen LogP) is 4.32. The summed E-state index contributed by atoms with van der Waals surface area (Å²) < 4.78 is 14.7. The maximum atomic E-state index is 14.7. The number of hydrogen-bond acceptors (Lipinski definition) is 2. The van der Waals surface area contributed by atoms with Gasteiger partial charge in [-0.05, 0) is 42.3 Å². The molecule has 116 valence electrons. The summed E-state index contributed by atoms with van der Waals surface area (Å²) in [6, 6.07) is 17.1. The summed E-state index contributed by atoms with van der Waals surface area (Å²) in [6.07, 6.45) is 4.85. The third kappa shape index (κ3) is 3.19. The highest BCUT2D eigenvalue weighted by molar-refractivity contribution is 5.93. The van der Waals surface area contributed by atoms with Gasteiger partial charge in [-0.15, -0.1) is 0 Å². The molecule has 2 aromatic rings. The lowest BCUT2D eigenvalue weighted by atomic mass is 9.95. The standard InChI is InChI=1S/C20H19FN2/c1-20(21)12-11-17(14-5-3-2-4-6-14)19(23)18(13-20)15-7-9-16(22)10-8-15/h2-13H,22-23H2,1H3. The fourth-order valence-electron chi connectivity index (χ4n) is 2.66. The maximum absolute atomic E-state index is 14.7. The van der Waals surface area contributed by atoms with Gasteiger partial charge in [0, 0.05) is 22.5 Å². The molecule has 23 heavy (non-hydrogen) atoms. The van der Waals surface area contributed by atoms with Gasteiger partial charge >= 0.3 is 0 Å². The smallest absolute Gasteiger partial charge is 0.145 e. The minimum Gasteiger partial charge on any atom is -0.399 e. The van der Waals surface area contributed by atoms with Crippen molar-refractivity contribution in [3.05, 3.63) is 89.6 Å². The molecule has 0 aliphatic heterocycles. The van der Waals surface area contributed by atoms with Crippen LogP contribution in [0.2, 0.25) is 0 Å². The van der Waals surface area contributed by atoms with E-state index >= 15 is 0 Å². The number of nitrogen functional groups attached to an aromatic ring is 1. The third-order valence-corrected chi connectivity index (χ3v) is 3.89. The van der Waals surface area contributed by atoms with E-state index in [9.17, 15) is 4.39 Å². The van der Waals surface area contributed by atoms with Crippen molar-refractivity contribution in [1.82, 2.24) is 0 Å². The molecule has 1 aliphatic rings. The second-order valence-electron chi connectivity index (χ2n) is 5.86. The number of alkyl halides is 1. The van der Waals surface area contributed by atoms with Gasteiger partial charge in [0.2, 0.25) is 0 Å². The second-order valence-corrected chi connectivity index (χ2v) is 5.86. The molecule has 3 heteroatoms. The molecule has 0 radical (unpaired) electrons. The van der Waals surface area contributed by atoms with Gasteiger partial charge in [-0.1, -0.05) is 48.5 Å². The summed E-state index contributed by atoms with van der Waals surface area (Å²) >= 11 is 0. The minimum absolute atomic E-state index is 0.554. The molecule has 1 unspecified atom stereocenters. The Kier molecular flexibility index (Phi) is 3.78. The van der Waals surface area contributed by atoms with Crippen LogP contribution in [-0.4, -0.2) is 5.67 Å². The first-order valence-corrected chi connectivity index (χ1v) is 7.49. The Morgan fingerprint density at radius 3 is 2.17 bits per heavy atom. The lowest BCUT2D eigenvalue weighted by Gasteiger charge is -2.14. The highest BCUT2D eigenvalue weighted by Crippen LogP contribution is 2.34. The highest BCUT2D eigenvalue weighted by atomic mass is 19.1. The van der Waals surface area contributed by atoms with Crippen molar-refractivity contribution in [2.45, 2.75) is 12.6 Å². The van der Waals surface area contributed by atoms with Crippen LogP contribution in [0.25, 0.3) is 11.1 Å². The largest absolute Gasteiger partial charge is 0.399 e. The van der Waals surface area contributed by atoms with E-state index in [-0.39, 0.29) is 0 Å². The summed E-state index contributed by atoms with van der Waals surface area (Å²) in [5.74, 6) is 0. The molecular formula is C20H19FN2. The topological polar surface area (TPSA) is 52.0 Å². The van der Waals surface area contributed by atoms with Gasteiger partial charge in [0.15, 0.2) is 0 Å². The van der Waals surface area contributed by atoms with E-state index in [0.717, 1.165) is 16.7 Å². The van der Waals surface area contributed by atoms with Crippen molar-refractivity contribution in [2.24, 2.45) is 5.73 Å². The zero-order chi connectivity index (χ0) is 16.4. The number of anilines is 1. The first kappa shape index (κ1) is 15.1. The van der Waals surface area contributed by atoms with Crippen molar-refractivity contribution >= 4 is 16.8 Å². The zero-order valence-corrected chi connectivity index (χ0v) is 13.0. The van der Waals surface area contributed by atoms with Gasteiger partial charge in [0.05, 0.1) is 0 Å². The predicted molar refractivity (Wildman–Crippen MR) is 95.0 cm³/mol. The molecule has 0 amide bonds. The Hall–Kier alpha value is -2.81. The van der Waals surface area contributed by atoms with Crippen LogP contribution in [0.15, 0.2) is 78.5 Å². The Bertz CT molecular complexity index is 797.